The summed E-state index contributed by atoms with van der Waals surface area (Å²) in [6, 6.07) is 6.28. The van der Waals surface area contributed by atoms with Crippen LogP contribution in [-0.2, 0) is 29.1 Å². The number of halogens is 1. The van der Waals surface area contributed by atoms with E-state index in [0.717, 1.165) is 48.2 Å². The van der Waals surface area contributed by atoms with Gasteiger partial charge in [-0.1, -0.05) is 18.5 Å². The number of hydrogen-bond acceptors (Lipinski definition) is 5. The van der Waals surface area contributed by atoms with Crippen LogP contribution < -0.4 is 4.74 Å². The third kappa shape index (κ3) is 7.21. The molecular formula is C19H26ClN3O5. The molecule has 0 saturated heterocycles. The minimum atomic E-state index is -0.250. The lowest BCUT2D eigenvalue weighted by atomic mass is 10.1. The number of aryl methyl sites for hydroxylation is 1. The second-order valence-electron chi connectivity index (χ2n) is 5.98. The number of benzene rings is 1. The molecule has 1 aliphatic rings. The van der Waals surface area contributed by atoms with Gasteiger partial charge >= 0.3 is 0 Å². The Labute approximate surface area is 169 Å². The van der Waals surface area contributed by atoms with E-state index in [0.29, 0.717) is 12.6 Å². The van der Waals surface area contributed by atoms with Crippen molar-refractivity contribution in [2.24, 2.45) is 0 Å². The van der Waals surface area contributed by atoms with Gasteiger partial charge in [0.25, 0.3) is 12.9 Å². The monoisotopic (exact) mass is 411 g/mol. The van der Waals surface area contributed by atoms with E-state index in [-0.39, 0.29) is 12.9 Å². The van der Waals surface area contributed by atoms with Gasteiger partial charge in [0.1, 0.15) is 18.2 Å². The van der Waals surface area contributed by atoms with E-state index < -0.39 is 0 Å². The summed E-state index contributed by atoms with van der Waals surface area (Å²) in [5.74, 6) is 2.09. The summed E-state index contributed by atoms with van der Waals surface area (Å²) >= 11 is 6.13. The second kappa shape index (κ2) is 12.7. The van der Waals surface area contributed by atoms with Crippen LogP contribution in [0.3, 0.4) is 0 Å². The molecule has 9 heteroatoms. The number of hydrogen-bond donors (Lipinski definition) is 2. The van der Waals surface area contributed by atoms with Crippen molar-refractivity contribution in [1.29, 1.82) is 0 Å². The van der Waals surface area contributed by atoms with E-state index in [9.17, 15) is 0 Å². The fourth-order valence-electron chi connectivity index (χ4n) is 2.98. The van der Waals surface area contributed by atoms with Crippen LogP contribution in [0, 0.1) is 0 Å². The maximum Gasteiger partial charge on any atom is 0.290 e. The maximum absolute atomic E-state index is 8.36. The number of imidazole rings is 1. The summed E-state index contributed by atoms with van der Waals surface area (Å²) in [5.41, 5.74) is 1.16. The molecule has 1 unspecified atom stereocenters. The van der Waals surface area contributed by atoms with E-state index in [2.05, 4.69) is 34.5 Å². The number of nitrogens with zero attached hydrogens (tertiary/aromatic N) is 3. The molecule has 2 aromatic rings. The van der Waals surface area contributed by atoms with Crippen molar-refractivity contribution in [3.8, 4) is 5.75 Å². The highest BCUT2D eigenvalue weighted by molar-refractivity contribution is 6.30. The Kier molecular flexibility index (Phi) is 10.7. The molecule has 1 aromatic carbocycles. The van der Waals surface area contributed by atoms with Crippen LogP contribution in [-0.4, -0.2) is 56.8 Å². The first kappa shape index (κ1) is 23.5. The molecule has 0 radical (unpaired) electrons. The minimum Gasteiger partial charge on any atom is -0.492 e. The van der Waals surface area contributed by atoms with E-state index in [1.807, 2.05) is 24.4 Å². The molecule has 0 amide bonds. The first-order valence-electron chi connectivity index (χ1n) is 8.81. The number of aromatic nitrogens is 2. The average Bonchev–Trinajstić information content (AvgIpc) is 2.99. The summed E-state index contributed by atoms with van der Waals surface area (Å²) in [4.78, 5) is 23.6. The summed E-state index contributed by atoms with van der Waals surface area (Å²) in [7, 11) is 0. The van der Waals surface area contributed by atoms with Crippen LogP contribution in [0.4, 0.5) is 0 Å². The zero-order chi connectivity index (χ0) is 20.9. The van der Waals surface area contributed by atoms with Crippen molar-refractivity contribution in [2.75, 3.05) is 13.2 Å². The lowest BCUT2D eigenvalue weighted by Crippen LogP contribution is -2.37. The number of rotatable bonds is 4. The van der Waals surface area contributed by atoms with Gasteiger partial charge in [0.15, 0.2) is 0 Å². The van der Waals surface area contributed by atoms with Crippen molar-refractivity contribution in [1.82, 2.24) is 14.5 Å². The smallest absolute Gasteiger partial charge is 0.290 e. The molecule has 154 valence electrons. The molecule has 0 saturated carbocycles. The van der Waals surface area contributed by atoms with Crippen LogP contribution in [0.2, 0.25) is 5.02 Å². The van der Waals surface area contributed by atoms with Crippen molar-refractivity contribution in [3.05, 3.63) is 47.0 Å². The van der Waals surface area contributed by atoms with E-state index in [1.54, 1.807) is 0 Å². The SMILES string of the molecule is CCc1nccn1CC(C)N1CCOc2ccc(Cl)cc2C1.O=CO.O=CO. The third-order valence-electron chi connectivity index (χ3n) is 4.23. The Morgan fingerprint density at radius 1 is 1.32 bits per heavy atom. The van der Waals surface area contributed by atoms with Gasteiger partial charge in [0.05, 0.1) is 0 Å². The van der Waals surface area contributed by atoms with Gasteiger partial charge in [0.2, 0.25) is 0 Å². The Morgan fingerprint density at radius 3 is 2.64 bits per heavy atom. The molecule has 1 aromatic heterocycles. The molecule has 0 fully saturated rings. The molecule has 0 spiro atoms. The highest BCUT2D eigenvalue weighted by Gasteiger charge is 2.20. The van der Waals surface area contributed by atoms with Gasteiger partial charge in [-0.25, -0.2) is 4.98 Å². The largest absolute Gasteiger partial charge is 0.492 e. The third-order valence-corrected chi connectivity index (χ3v) is 4.47. The fraction of sp³-hybridized carbons (Fsp3) is 0.421. The Hall–Kier alpha value is -2.58. The molecule has 0 bridgehead atoms. The van der Waals surface area contributed by atoms with Crippen LogP contribution in [0.25, 0.3) is 0 Å². The summed E-state index contributed by atoms with van der Waals surface area (Å²) < 4.78 is 8.09. The number of fused-ring (bicyclic) bond motifs is 1. The van der Waals surface area contributed by atoms with Crippen molar-refractivity contribution < 1.29 is 24.5 Å². The number of ether oxygens (including phenoxy) is 1. The topological polar surface area (TPSA) is 105 Å². The minimum absolute atomic E-state index is 0.250. The summed E-state index contributed by atoms with van der Waals surface area (Å²) in [6.45, 7) is 7.34. The van der Waals surface area contributed by atoms with Crippen LogP contribution in [0.5, 0.6) is 5.75 Å². The molecule has 3 rings (SSSR count). The summed E-state index contributed by atoms with van der Waals surface area (Å²) in [5, 5.41) is 14.5. The van der Waals surface area contributed by atoms with E-state index >= 15 is 0 Å². The lowest BCUT2D eigenvalue weighted by Gasteiger charge is -2.27. The van der Waals surface area contributed by atoms with Gasteiger partial charge < -0.3 is 19.5 Å². The lowest BCUT2D eigenvalue weighted by molar-refractivity contribution is -0.123. The highest BCUT2D eigenvalue weighted by atomic mass is 35.5. The van der Waals surface area contributed by atoms with Crippen LogP contribution >= 0.6 is 11.6 Å². The highest BCUT2D eigenvalue weighted by Crippen LogP contribution is 2.27. The first-order valence-corrected chi connectivity index (χ1v) is 9.19. The summed E-state index contributed by atoms with van der Waals surface area (Å²) in [6.07, 6.45) is 4.90. The Morgan fingerprint density at radius 2 is 2.00 bits per heavy atom. The van der Waals surface area contributed by atoms with Crippen molar-refractivity contribution >= 4 is 24.5 Å². The zero-order valence-electron chi connectivity index (χ0n) is 16.0. The number of carboxylic acid groups (broad SMARTS) is 2. The van der Waals surface area contributed by atoms with Gasteiger partial charge in [-0.15, -0.1) is 0 Å². The van der Waals surface area contributed by atoms with Gasteiger partial charge in [-0.2, -0.15) is 0 Å². The Balaban J connectivity index is 0.000000582. The molecule has 1 aliphatic heterocycles. The van der Waals surface area contributed by atoms with Gasteiger partial charge in [-0.3, -0.25) is 14.5 Å². The molecule has 1 atom stereocenters. The maximum atomic E-state index is 8.36. The quantitative estimate of drug-likeness (QED) is 0.745. The molecule has 28 heavy (non-hydrogen) atoms. The Bertz CT molecular complexity index is 732. The average molecular weight is 412 g/mol. The standard InChI is InChI=1S/C17H22ClN3O.2CH2O2/c1-3-17-19-6-7-21(17)11-13(2)20-8-9-22-16-5-4-15(18)10-14(16)12-20;2*2-1-3/h4-7,10,13H,3,8-9,11-12H2,1-2H3;2*1H,(H,2,3). The second-order valence-corrected chi connectivity index (χ2v) is 6.42. The van der Waals surface area contributed by atoms with E-state index in [1.165, 1.54) is 0 Å². The normalized spacial score (nSPS) is 14.0. The van der Waals surface area contributed by atoms with Crippen molar-refractivity contribution in [2.45, 2.75) is 39.4 Å². The predicted molar refractivity (Wildman–Crippen MR) is 106 cm³/mol. The molecule has 2 N–H and O–H groups in total. The number of carbonyl (C=O) groups is 2. The fourth-order valence-corrected chi connectivity index (χ4v) is 3.17. The molecule has 0 aliphatic carbocycles. The molecule has 8 nitrogen and oxygen atoms in total. The molecule has 2 heterocycles. The first-order chi connectivity index (χ1) is 13.5. The van der Waals surface area contributed by atoms with Crippen molar-refractivity contribution in [3.63, 3.8) is 0 Å². The van der Waals surface area contributed by atoms with E-state index in [4.69, 9.17) is 36.1 Å². The zero-order valence-corrected chi connectivity index (χ0v) is 16.7. The van der Waals surface area contributed by atoms with Gasteiger partial charge in [0, 0.05) is 55.1 Å². The van der Waals surface area contributed by atoms with Gasteiger partial charge in [-0.05, 0) is 25.1 Å². The molecular weight excluding hydrogens is 386 g/mol. The predicted octanol–water partition coefficient (Wildman–Crippen LogP) is 2.78. The van der Waals surface area contributed by atoms with Crippen LogP contribution in [0.15, 0.2) is 30.6 Å². The van der Waals surface area contributed by atoms with Crippen LogP contribution in [0.1, 0.15) is 25.2 Å².